The molecule has 0 saturated heterocycles. The average Bonchev–Trinajstić information content (AvgIpc) is 2.37. The molecule has 0 aliphatic rings. The smallest absolute Gasteiger partial charge is 0.167 e. The van der Waals surface area contributed by atoms with E-state index in [0.29, 0.717) is 10.8 Å². The first-order chi connectivity index (χ1) is 8.91. The van der Waals surface area contributed by atoms with E-state index in [9.17, 15) is 0 Å². The second kappa shape index (κ2) is 6.17. The Balaban J connectivity index is 2.52. The van der Waals surface area contributed by atoms with E-state index in [0.717, 1.165) is 0 Å². The van der Waals surface area contributed by atoms with Crippen molar-refractivity contribution in [3.05, 3.63) is 54.4 Å². The zero-order valence-corrected chi connectivity index (χ0v) is 13.5. The highest BCUT2D eigenvalue weighted by molar-refractivity contribution is 6.49. The van der Waals surface area contributed by atoms with Gasteiger partial charge < -0.3 is 4.74 Å². The minimum atomic E-state index is 0.130. The number of benzene rings is 2. The number of hydrogen-bond donors (Lipinski definition) is 0. The Hall–Kier alpha value is -0.0200. The molecule has 0 aliphatic carbocycles. The molecule has 0 fully saturated rings. The Kier molecular flexibility index (Phi) is 4.99. The summed E-state index contributed by atoms with van der Waals surface area (Å²) in [5.41, 5.74) is 0. The molecule has 7 heteroatoms. The minimum Gasteiger partial charge on any atom is -0.452 e. The van der Waals surface area contributed by atoms with Gasteiger partial charge in [0.2, 0.25) is 0 Å². The predicted octanol–water partition coefficient (Wildman–Crippen LogP) is 7.40. The van der Waals surface area contributed by atoms with Crippen LogP contribution in [0, 0.1) is 0 Å². The van der Waals surface area contributed by atoms with Gasteiger partial charge in [-0.15, -0.1) is 0 Å². The first-order valence-corrected chi connectivity index (χ1v) is 7.13. The summed E-state index contributed by atoms with van der Waals surface area (Å²) < 4.78 is 5.56. The van der Waals surface area contributed by atoms with Gasteiger partial charge in [0.15, 0.2) is 5.75 Å². The molecule has 1 nitrogen and oxygen atoms in total. The fourth-order valence-corrected chi connectivity index (χ4v) is 2.51. The molecule has 0 amide bonds. The van der Waals surface area contributed by atoms with E-state index in [-0.39, 0.29) is 30.9 Å². The topological polar surface area (TPSA) is 9.23 Å². The van der Waals surface area contributed by atoms with Gasteiger partial charge in [-0.25, -0.2) is 0 Å². The van der Waals surface area contributed by atoms with E-state index >= 15 is 0 Å². The second-order valence-electron chi connectivity index (χ2n) is 3.45. The van der Waals surface area contributed by atoms with Crippen LogP contribution in [0.1, 0.15) is 0 Å². The highest BCUT2D eigenvalue weighted by Gasteiger charge is 2.17. The molecular weight excluding hydrogens is 373 g/mol. The molecule has 0 aliphatic heterocycles. The lowest BCUT2D eigenvalue weighted by Crippen LogP contribution is -1.89. The highest BCUT2D eigenvalue weighted by atomic mass is 35.5. The molecule has 2 rings (SSSR count). The van der Waals surface area contributed by atoms with Crippen LogP contribution in [0.4, 0.5) is 0 Å². The number of rotatable bonds is 2. The van der Waals surface area contributed by atoms with Crippen molar-refractivity contribution in [2.45, 2.75) is 0 Å². The van der Waals surface area contributed by atoms with E-state index in [1.165, 1.54) is 6.07 Å². The van der Waals surface area contributed by atoms with Gasteiger partial charge in [0.05, 0.1) is 15.1 Å². The van der Waals surface area contributed by atoms with Crippen LogP contribution >= 0.6 is 69.6 Å². The largest absolute Gasteiger partial charge is 0.452 e. The van der Waals surface area contributed by atoms with Gasteiger partial charge in [-0.1, -0.05) is 75.7 Å². The molecule has 0 saturated carbocycles. The van der Waals surface area contributed by atoms with Crippen LogP contribution in [0.3, 0.4) is 0 Å². The lowest BCUT2D eigenvalue weighted by atomic mass is 10.3. The lowest BCUT2D eigenvalue weighted by molar-refractivity contribution is 0.483. The summed E-state index contributed by atoms with van der Waals surface area (Å²) in [5.74, 6) is 0.432. The summed E-state index contributed by atoms with van der Waals surface area (Å²) in [7, 11) is 0. The number of hydrogen-bond acceptors (Lipinski definition) is 1. The molecule has 2 aromatic rings. The normalized spacial score (nSPS) is 10.6. The van der Waals surface area contributed by atoms with Crippen molar-refractivity contribution in [3.63, 3.8) is 0 Å². The first-order valence-electron chi connectivity index (χ1n) is 4.86. The zero-order valence-electron chi connectivity index (χ0n) is 8.99. The standard InChI is InChI=1S/C12H4Cl6O/c13-5-2-1-3-8(9(5)16)19-12-10(17)6(14)4-7(15)11(12)18/h1-4H. The number of halogens is 6. The summed E-state index contributed by atoms with van der Waals surface area (Å²) in [6.07, 6.45) is 0. The van der Waals surface area contributed by atoms with Gasteiger partial charge in [-0.2, -0.15) is 0 Å². The molecule has 0 heterocycles. The Morgan fingerprint density at radius 2 is 1.26 bits per heavy atom. The fraction of sp³-hybridized carbons (Fsp3) is 0. The van der Waals surface area contributed by atoms with Crippen LogP contribution in [0.5, 0.6) is 11.5 Å². The molecule has 0 bridgehead atoms. The van der Waals surface area contributed by atoms with Crippen LogP contribution in [0.2, 0.25) is 30.1 Å². The third kappa shape index (κ3) is 3.18. The van der Waals surface area contributed by atoms with Crippen molar-refractivity contribution in [1.29, 1.82) is 0 Å². The van der Waals surface area contributed by atoms with E-state index < -0.39 is 0 Å². The van der Waals surface area contributed by atoms with E-state index in [4.69, 9.17) is 74.3 Å². The van der Waals surface area contributed by atoms with Gasteiger partial charge in [0, 0.05) is 0 Å². The summed E-state index contributed by atoms with van der Waals surface area (Å²) in [5, 5.41) is 1.33. The maximum atomic E-state index is 6.04. The lowest BCUT2D eigenvalue weighted by Gasteiger charge is -2.13. The summed E-state index contributed by atoms with van der Waals surface area (Å²) in [4.78, 5) is 0. The minimum absolute atomic E-state index is 0.130. The van der Waals surface area contributed by atoms with Crippen LogP contribution in [-0.4, -0.2) is 0 Å². The second-order valence-corrected chi connectivity index (χ2v) is 5.81. The van der Waals surface area contributed by atoms with Crippen molar-refractivity contribution in [3.8, 4) is 11.5 Å². The molecule has 0 atom stereocenters. The quantitative estimate of drug-likeness (QED) is 0.496. The molecule has 100 valence electrons. The third-order valence-electron chi connectivity index (χ3n) is 2.20. The fourth-order valence-electron chi connectivity index (χ4n) is 1.31. The molecule has 0 unspecified atom stereocenters. The highest BCUT2D eigenvalue weighted by Crippen LogP contribution is 2.46. The molecule has 0 radical (unpaired) electrons. The van der Waals surface area contributed by atoms with E-state index in [2.05, 4.69) is 0 Å². The van der Waals surface area contributed by atoms with Crippen molar-refractivity contribution in [2.24, 2.45) is 0 Å². The summed E-state index contributed by atoms with van der Waals surface area (Å²) >= 11 is 35.8. The summed E-state index contributed by atoms with van der Waals surface area (Å²) in [6, 6.07) is 6.36. The monoisotopic (exact) mass is 374 g/mol. The molecule has 0 aromatic heterocycles. The van der Waals surface area contributed by atoms with Gasteiger partial charge in [-0.05, 0) is 18.2 Å². The first kappa shape index (κ1) is 15.4. The van der Waals surface area contributed by atoms with Crippen LogP contribution in [0.15, 0.2) is 24.3 Å². The zero-order chi connectivity index (χ0) is 14.2. The van der Waals surface area contributed by atoms with Crippen molar-refractivity contribution in [1.82, 2.24) is 0 Å². The van der Waals surface area contributed by atoms with Crippen molar-refractivity contribution < 1.29 is 4.74 Å². The molecule has 0 spiro atoms. The van der Waals surface area contributed by atoms with Crippen molar-refractivity contribution in [2.75, 3.05) is 0 Å². The average molecular weight is 377 g/mol. The van der Waals surface area contributed by atoms with Crippen LogP contribution in [-0.2, 0) is 0 Å². The van der Waals surface area contributed by atoms with E-state index in [1.807, 2.05) is 0 Å². The van der Waals surface area contributed by atoms with Gasteiger partial charge in [0.1, 0.15) is 20.8 Å². The SMILES string of the molecule is Clc1cccc(Oc2c(Cl)c(Cl)cc(Cl)c2Cl)c1Cl. The van der Waals surface area contributed by atoms with Gasteiger partial charge >= 0.3 is 0 Å². The van der Waals surface area contributed by atoms with E-state index in [1.54, 1.807) is 18.2 Å². The Morgan fingerprint density at radius 1 is 0.684 bits per heavy atom. The Bertz CT molecular complexity index is 614. The predicted molar refractivity (Wildman–Crippen MR) is 83.0 cm³/mol. The molecule has 0 N–H and O–H groups in total. The van der Waals surface area contributed by atoms with Gasteiger partial charge in [0.25, 0.3) is 0 Å². The van der Waals surface area contributed by atoms with Gasteiger partial charge in [-0.3, -0.25) is 0 Å². The van der Waals surface area contributed by atoms with Crippen molar-refractivity contribution >= 4 is 69.6 Å². The number of ether oxygens (including phenoxy) is 1. The Morgan fingerprint density at radius 3 is 1.84 bits per heavy atom. The molecule has 19 heavy (non-hydrogen) atoms. The molecular formula is C12H4Cl6O. The molecule has 2 aromatic carbocycles. The van der Waals surface area contributed by atoms with Crippen LogP contribution < -0.4 is 4.74 Å². The maximum Gasteiger partial charge on any atom is 0.167 e. The summed E-state index contributed by atoms with van der Waals surface area (Å²) in [6.45, 7) is 0. The maximum absolute atomic E-state index is 6.04. The van der Waals surface area contributed by atoms with Crippen LogP contribution in [0.25, 0.3) is 0 Å². The third-order valence-corrected chi connectivity index (χ3v) is 4.54. The Labute approximate surface area is 139 Å².